The van der Waals surface area contributed by atoms with E-state index in [4.69, 9.17) is 0 Å². The number of likely N-dealkylation sites (tertiary alicyclic amines) is 1. The van der Waals surface area contributed by atoms with E-state index < -0.39 is 0 Å². The van der Waals surface area contributed by atoms with Crippen LogP contribution in [-0.2, 0) is 0 Å². The van der Waals surface area contributed by atoms with E-state index in [2.05, 4.69) is 20.4 Å². The van der Waals surface area contributed by atoms with Crippen molar-refractivity contribution in [2.24, 2.45) is 0 Å². The maximum Gasteiger partial charge on any atom is 0.255 e. The number of rotatable bonds is 2. The molecule has 0 saturated carbocycles. The number of amides is 1. The highest BCUT2D eigenvalue weighted by Gasteiger charge is 2.36. The zero-order valence-corrected chi connectivity index (χ0v) is 12.1. The quantitative estimate of drug-likeness (QED) is 0.811. The number of hydrogen-bond acceptors (Lipinski definition) is 5. The molecule has 2 aliphatic heterocycles. The fourth-order valence-electron chi connectivity index (χ4n) is 2.84. The first-order valence-electron chi connectivity index (χ1n) is 7.20. The van der Waals surface area contributed by atoms with Crippen LogP contribution >= 0.6 is 0 Å². The van der Waals surface area contributed by atoms with Crippen molar-refractivity contribution in [2.75, 3.05) is 39.3 Å². The molecular weight excluding hydrogens is 254 g/mol. The second kappa shape index (κ2) is 5.46. The van der Waals surface area contributed by atoms with Crippen LogP contribution in [0.2, 0.25) is 0 Å². The summed E-state index contributed by atoms with van der Waals surface area (Å²) in [6.07, 6.45) is 0. The molecule has 2 saturated heterocycles. The van der Waals surface area contributed by atoms with Crippen molar-refractivity contribution in [1.82, 2.24) is 25.3 Å². The Bertz CT molecular complexity index is 506. The van der Waals surface area contributed by atoms with Crippen molar-refractivity contribution in [2.45, 2.75) is 19.9 Å². The fourth-order valence-corrected chi connectivity index (χ4v) is 2.84. The number of carbonyl (C=O) groups is 1. The highest BCUT2D eigenvalue weighted by molar-refractivity contribution is 5.95. The molecule has 1 N–H and O–H groups in total. The highest BCUT2D eigenvalue weighted by atomic mass is 16.2. The van der Waals surface area contributed by atoms with Gasteiger partial charge in [-0.2, -0.15) is 10.2 Å². The molecular formula is C14H21N5O. The molecule has 0 bridgehead atoms. The van der Waals surface area contributed by atoms with E-state index >= 15 is 0 Å². The normalized spacial score (nSPS) is 20.8. The van der Waals surface area contributed by atoms with Gasteiger partial charge in [0.05, 0.1) is 17.0 Å². The summed E-state index contributed by atoms with van der Waals surface area (Å²) in [6, 6.07) is 2.36. The zero-order valence-electron chi connectivity index (χ0n) is 12.1. The van der Waals surface area contributed by atoms with Crippen LogP contribution < -0.4 is 5.32 Å². The number of piperazine rings is 1. The molecule has 3 heterocycles. The molecule has 0 atom stereocenters. The van der Waals surface area contributed by atoms with Gasteiger partial charge in [0, 0.05) is 45.3 Å². The molecule has 0 spiro atoms. The van der Waals surface area contributed by atoms with Crippen molar-refractivity contribution in [3.8, 4) is 0 Å². The first kappa shape index (κ1) is 13.5. The number of nitrogens with one attached hydrogen (secondary N) is 1. The van der Waals surface area contributed by atoms with Gasteiger partial charge in [0.2, 0.25) is 0 Å². The SMILES string of the molecule is Cc1cc(C(=O)N2CC(N3CCNCC3)C2)c(C)nn1. The summed E-state index contributed by atoms with van der Waals surface area (Å²) in [5.41, 5.74) is 2.20. The monoisotopic (exact) mass is 275 g/mol. The topological polar surface area (TPSA) is 61.4 Å². The zero-order chi connectivity index (χ0) is 14.1. The van der Waals surface area contributed by atoms with Crippen molar-refractivity contribution in [1.29, 1.82) is 0 Å². The summed E-state index contributed by atoms with van der Waals surface area (Å²) in [5.74, 6) is 0.0897. The Morgan fingerprint density at radius 2 is 1.95 bits per heavy atom. The average Bonchev–Trinajstić information content (AvgIpc) is 2.41. The molecule has 0 radical (unpaired) electrons. The van der Waals surface area contributed by atoms with Gasteiger partial charge in [-0.15, -0.1) is 0 Å². The van der Waals surface area contributed by atoms with Crippen LogP contribution in [0.25, 0.3) is 0 Å². The van der Waals surface area contributed by atoms with Crippen molar-refractivity contribution in [3.05, 3.63) is 23.0 Å². The van der Waals surface area contributed by atoms with E-state index in [1.165, 1.54) is 0 Å². The van der Waals surface area contributed by atoms with Gasteiger partial charge >= 0.3 is 0 Å². The maximum absolute atomic E-state index is 12.5. The van der Waals surface area contributed by atoms with E-state index in [1.807, 2.05) is 24.8 Å². The third-order valence-electron chi connectivity index (χ3n) is 4.15. The van der Waals surface area contributed by atoms with E-state index in [9.17, 15) is 4.79 Å². The lowest BCUT2D eigenvalue weighted by Gasteiger charge is -2.46. The predicted octanol–water partition coefficient (Wildman–Crippen LogP) is -0.177. The second-order valence-electron chi connectivity index (χ2n) is 5.63. The van der Waals surface area contributed by atoms with Gasteiger partial charge in [-0.1, -0.05) is 0 Å². The van der Waals surface area contributed by atoms with Crippen molar-refractivity contribution in [3.63, 3.8) is 0 Å². The minimum absolute atomic E-state index is 0.0897. The summed E-state index contributed by atoms with van der Waals surface area (Å²) in [6.45, 7) is 9.65. The summed E-state index contributed by atoms with van der Waals surface area (Å²) < 4.78 is 0. The third kappa shape index (κ3) is 2.53. The summed E-state index contributed by atoms with van der Waals surface area (Å²) in [7, 11) is 0. The smallest absolute Gasteiger partial charge is 0.255 e. The molecule has 1 aromatic heterocycles. The number of aromatic nitrogens is 2. The van der Waals surface area contributed by atoms with Crippen LogP contribution in [0.5, 0.6) is 0 Å². The van der Waals surface area contributed by atoms with Crippen molar-refractivity contribution < 1.29 is 4.79 Å². The highest BCUT2D eigenvalue weighted by Crippen LogP contribution is 2.19. The lowest BCUT2D eigenvalue weighted by Crippen LogP contribution is -2.63. The second-order valence-corrected chi connectivity index (χ2v) is 5.63. The maximum atomic E-state index is 12.5. The minimum atomic E-state index is 0.0897. The Balaban J connectivity index is 1.61. The largest absolute Gasteiger partial charge is 0.335 e. The van der Waals surface area contributed by atoms with Gasteiger partial charge in [-0.05, 0) is 19.9 Å². The van der Waals surface area contributed by atoms with E-state index in [1.54, 1.807) is 0 Å². The molecule has 2 aliphatic rings. The van der Waals surface area contributed by atoms with Crippen LogP contribution in [0.1, 0.15) is 21.7 Å². The Morgan fingerprint density at radius 1 is 1.25 bits per heavy atom. The molecule has 3 rings (SSSR count). The fraction of sp³-hybridized carbons (Fsp3) is 0.643. The van der Waals surface area contributed by atoms with E-state index in [0.29, 0.717) is 17.3 Å². The molecule has 6 nitrogen and oxygen atoms in total. The Labute approximate surface area is 119 Å². The first-order chi connectivity index (χ1) is 9.65. The third-order valence-corrected chi connectivity index (χ3v) is 4.15. The van der Waals surface area contributed by atoms with Gasteiger partial charge in [0.1, 0.15) is 0 Å². The van der Waals surface area contributed by atoms with E-state index in [-0.39, 0.29) is 5.91 Å². The Hall–Kier alpha value is -1.53. The van der Waals surface area contributed by atoms with Crippen LogP contribution in [-0.4, -0.2) is 71.2 Å². The number of hydrogen-bond donors (Lipinski definition) is 1. The van der Waals surface area contributed by atoms with Gasteiger partial charge in [0.15, 0.2) is 0 Å². The number of aryl methyl sites for hydroxylation is 2. The lowest BCUT2D eigenvalue weighted by atomic mass is 10.0. The summed E-state index contributed by atoms with van der Waals surface area (Å²) in [4.78, 5) is 16.8. The molecule has 0 aliphatic carbocycles. The molecule has 0 aromatic carbocycles. The molecule has 0 unspecified atom stereocenters. The van der Waals surface area contributed by atoms with Gasteiger partial charge < -0.3 is 10.2 Å². The molecule has 6 heteroatoms. The summed E-state index contributed by atoms with van der Waals surface area (Å²) >= 11 is 0. The van der Waals surface area contributed by atoms with Crippen LogP contribution in [0.4, 0.5) is 0 Å². The van der Waals surface area contributed by atoms with Gasteiger partial charge in [-0.3, -0.25) is 9.69 Å². The molecule has 1 amide bonds. The van der Waals surface area contributed by atoms with Gasteiger partial charge in [-0.25, -0.2) is 0 Å². The van der Waals surface area contributed by atoms with Gasteiger partial charge in [0.25, 0.3) is 5.91 Å². The standard InChI is InChI=1S/C14H21N5O/c1-10-7-13(11(2)17-16-10)14(20)19-8-12(9-19)18-5-3-15-4-6-18/h7,12,15H,3-6,8-9H2,1-2H3. The first-order valence-corrected chi connectivity index (χ1v) is 7.20. The molecule has 1 aromatic rings. The Kier molecular flexibility index (Phi) is 3.67. The van der Waals surface area contributed by atoms with Crippen LogP contribution in [0.3, 0.4) is 0 Å². The average molecular weight is 275 g/mol. The Morgan fingerprint density at radius 3 is 2.65 bits per heavy atom. The molecule has 20 heavy (non-hydrogen) atoms. The van der Waals surface area contributed by atoms with E-state index in [0.717, 1.165) is 45.0 Å². The van der Waals surface area contributed by atoms with Crippen molar-refractivity contribution >= 4 is 5.91 Å². The lowest BCUT2D eigenvalue weighted by molar-refractivity contribution is 0.0226. The molecule has 2 fully saturated rings. The predicted molar refractivity (Wildman–Crippen MR) is 75.6 cm³/mol. The number of nitrogens with zero attached hydrogens (tertiary/aromatic N) is 4. The minimum Gasteiger partial charge on any atom is -0.335 e. The summed E-state index contributed by atoms with van der Waals surface area (Å²) in [5, 5.41) is 11.4. The van der Waals surface area contributed by atoms with Crippen LogP contribution in [0, 0.1) is 13.8 Å². The number of carbonyl (C=O) groups excluding carboxylic acids is 1. The molecule has 108 valence electrons. The van der Waals surface area contributed by atoms with Crippen LogP contribution in [0.15, 0.2) is 6.07 Å².